The fourth-order valence-corrected chi connectivity index (χ4v) is 4.36. The van der Waals surface area contributed by atoms with Crippen molar-refractivity contribution in [2.24, 2.45) is 0 Å². The number of Topliss-reactive ketones (excluding diaryl/α,β-unsaturated/α-hetero) is 1. The molecule has 1 aliphatic rings. The van der Waals surface area contributed by atoms with Crippen molar-refractivity contribution >= 4 is 39.9 Å². The number of pyridine rings is 1. The number of aryl methyl sites for hydroxylation is 2. The first kappa shape index (κ1) is 21.0. The highest BCUT2D eigenvalue weighted by Crippen LogP contribution is 2.43. The highest BCUT2D eigenvalue weighted by Gasteiger charge is 2.45. The number of anilines is 1. The molecule has 164 valence electrons. The van der Waals surface area contributed by atoms with Crippen LogP contribution in [0.5, 0.6) is 0 Å². The van der Waals surface area contributed by atoms with E-state index in [4.69, 9.17) is 16.0 Å². The predicted molar refractivity (Wildman–Crippen MR) is 126 cm³/mol. The van der Waals surface area contributed by atoms with Gasteiger partial charge in [0.15, 0.2) is 11.5 Å². The molecule has 5 rings (SSSR count). The maximum absolute atomic E-state index is 13.6. The summed E-state index contributed by atoms with van der Waals surface area (Å²) in [6.07, 6.45) is 3.19. The number of aliphatic hydroxyl groups is 1. The van der Waals surface area contributed by atoms with E-state index in [-0.39, 0.29) is 11.3 Å². The van der Waals surface area contributed by atoms with E-state index >= 15 is 0 Å². The molecule has 1 N–H and O–H groups in total. The number of amides is 1. The Morgan fingerprint density at radius 3 is 2.70 bits per heavy atom. The van der Waals surface area contributed by atoms with Gasteiger partial charge in [-0.2, -0.15) is 0 Å². The fraction of sp³-hybridized carbons (Fsp3) is 0.115. The molecule has 2 aromatic heterocycles. The number of hydrogen-bond acceptors (Lipinski definition) is 5. The first-order chi connectivity index (χ1) is 15.8. The summed E-state index contributed by atoms with van der Waals surface area (Å²) in [6.45, 7) is 3.80. The minimum Gasteiger partial charge on any atom is -0.503 e. The Balaban J connectivity index is 1.68. The maximum atomic E-state index is 13.6. The van der Waals surface area contributed by atoms with Gasteiger partial charge in [-0.1, -0.05) is 29.8 Å². The zero-order chi connectivity index (χ0) is 23.3. The summed E-state index contributed by atoms with van der Waals surface area (Å²) >= 11 is 6.06. The van der Waals surface area contributed by atoms with E-state index in [9.17, 15) is 14.7 Å². The van der Waals surface area contributed by atoms with E-state index in [1.165, 1.54) is 4.90 Å². The SMILES string of the molecule is Cc1ccc(C)c(N2C(=O)C(O)=C(C(=O)c3cc4cc(Cl)ccc4o3)C2c2cccnc2)c1. The Morgan fingerprint density at radius 2 is 1.94 bits per heavy atom. The van der Waals surface area contributed by atoms with Gasteiger partial charge in [-0.15, -0.1) is 0 Å². The van der Waals surface area contributed by atoms with Gasteiger partial charge in [0, 0.05) is 28.5 Å². The summed E-state index contributed by atoms with van der Waals surface area (Å²) in [6, 6.07) is 14.9. The number of aromatic nitrogens is 1. The molecule has 1 amide bonds. The van der Waals surface area contributed by atoms with Crippen molar-refractivity contribution in [2.45, 2.75) is 19.9 Å². The van der Waals surface area contributed by atoms with E-state index in [0.29, 0.717) is 27.2 Å². The lowest BCUT2D eigenvalue weighted by molar-refractivity contribution is -0.117. The van der Waals surface area contributed by atoms with Crippen LogP contribution in [0.2, 0.25) is 5.02 Å². The van der Waals surface area contributed by atoms with Crippen molar-refractivity contribution in [1.29, 1.82) is 0 Å². The highest BCUT2D eigenvalue weighted by atomic mass is 35.5. The van der Waals surface area contributed by atoms with Gasteiger partial charge in [0.05, 0.1) is 11.6 Å². The molecule has 7 heteroatoms. The normalized spacial score (nSPS) is 16.2. The summed E-state index contributed by atoms with van der Waals surface area (Å²) < 4.78 is 5.75. The number of fused-ring (bicyclic) bond motifs is 1. The number of halogens is 1. The number of furan rings is 1. The summed E-state index contributed by atoms with van der Waals surface area (Å²) in [5, 5.41) is 12.1. The van der Waals surface area contributed by atoms with Crippen LogP contribution >= 0.6 is 11.6 Å². The standard InChI is InChI=1S/C26H19ClN2O4/c1-14-5-6-15(2)19(10-14)29-23(16-4-3-9-28-13-16)22(25(31)26(29)32)24(30)21-12-17-11-18(27)7-8-20(17)33-21/h3-13,23,31H,1-2H3. The zero-order valence-corrected chi connectivity index (χ0v) is 18.6. The first-order valence-corrected chi connectivity index (χ1v) is 10.7. The molecule has 0 aliphatic carbocycles. The van der Waals surface area contributed by atoms with Crippen LogP contribution in [0.3, 0.4) is 0 Å². The molecule has 0 saturated carbocycles. The lowest BCUT2D eigenvalue weighted by Crippen LogP contribution is -2.31. The molecular formula is C26H19ClN2O4. The fourth-order valence-electron chi connectivity index (χ4n) is 4.18. The first-order valence-electron chi connectivity index (χ1n) is 10.3. The number of nitrogens with zero attached hydrogens (tertiary/aromatic N) is 2. The van der Waals surface area contributed by atoms with Crippen LogP contribution in [0.25, 0.3) is 11.0 Å². The van der Waals surface area contributed by atoms with Crippen LogP contribution < -0.4 is 4.90 Å². The largest absolute Gasteiger partial charge is 0.503 e. The second kappa shape index (κ2) is 7.90. The van der Waals surface area contributed by atoms with Crippen LogP contribution in [0, 0.1) is 13.8 Å². The second-order valence-electron chi connectivity index (χ2n) is 8.04. The molecule has 0 radical (unpaired) electrons. The summed E-state index contributed by atoms with van der Waals surface area (Å²) in [5.41, 5.74) is 3.41. The van der Waals surface area contributed by atoms with Crippen molar-refractivity contribution in [3.63, 3.8) is 0 Å². The average molecular weight is 459 g/mol. The lowest BCUT2D eigenvalue weighted by Gasteiger charge is -2.28. The van der Waals surface area contributed by atoms with Gasteiger partial charge in [0.25, 0.3) is 5.91 Å². The van der Waals surface area contributed by atoms with E-state index in [0.717, 1.165) is 11.1 Å². The van der Waals surface area contributed by atoms with Crippen molar-refractivity contribution < 1.29 is 19.1 Å². The van der Waals surface area contributed by atoms with E-state index in [1.807, 2.05) is 32.0 Å². The third kappa shape index (κ3) is 3.49. The Hall–Kier alpha value is -3.90. The molecule has 4 aromatic rings. The molecule has 1 unspecified atom stereocenters. The van der Waals surface area contributed by atoms with Crippen LogP contribution in [-0.2, 0) is 4.79 Å². The molecule has 33 heavy (non-hydrogen) atoms. The van der Waals surface area contributed by atoms with Crippen LogP contribution in [0.4, 0.5) is 5.69 Å². The Bertz CT molecular complexity index is 1460. The number of rotatable bonds is 4. The number of carbonyl (C=O) groups excluding carboxylic acids is 2. The highest BCUT2D eigenvalue weighted by molar-refractivity contribution is 6.31. The molecule has 1 aliphatic heterocycles. The molecule has 1 atom stereocenters. The zero-order valence-electron chi connectivity index (χ0n) is 17.9. The maximum Gasteiger partial charge on any atom is 0.294 e. The van der Waals surface area contributed by atoms with Crippen molar-refractivity contribution in [3.05, 3.63) is 106 Å². The van der Waals surface area contributed by atoms with Crippen molar-refractivity contribution in [1.82, 2.24) is 4.98 Å². The molecule has 0 fully saturated rings. The molecule has 0 saturated heterocycles. The molecule has 0 bridgehead atoms. The molecular weight excluding hydrogens is 440 g/mol. The van der Waals surface area contributed by atoms with Gasteiger partial charge in [0.1, 0.15) is 5.58 Å². The van der Waals surface area contributed by atoms with E-state index in [1.54, 1.807) is 48.8 Å². The quantitative estimate of drug-likeness (QED) is 0.386. The van der Waals surface area contributed by atoms with E-state index in [2.05, 4.69) is 4.98 Å². The number of benzene rings is 2. The smallest absolute Gasteiger partial charge is 0.294 e. The van der Waals surface area contributed by atoms with Crippen LogP contribution in [0.15, 0.2) is 82.7 Å². The minimum absolute atomic E-state index is 0.0123. The van der Waals surface area contributed by atoms with Crippen molar-refractivity contribution in [3.8, 4) is 0 Å². The molecule has 3 heterocycles. The topological polar surface area (TPSA) is 83.6 Å². The Morgan fingerprint density at radius 1 is 1.12 bits per heavy atom. The third-order valence-electron chi connectivity index (χ3n) is 5.78. The third-order valence-corrected chi connectivity index (χ3v) is 6.01. The van der Waals surface area contributed by atoms with Gasteiger partial charge in [0.2, 0.25) is 5.78 Å². The lowest BCUT2D eigenvalue weighted by atomic mass is 9.95. The number of ketones is 1. The Labute approximate surface area is 194 Å². The van der Waals surface area contributed by atoms with Crippen molar-refractivity contribution in [2.75, 3.05) is 4.90 Å². The number of carbonyl (C=O) groups is 2. The average Bonchev–Trinajstić information content (AvgIpc) is 3.34. The summed E-state index contributed by atoms with van der Waals surface area (Å²) in [7, 11) is 0. The van der Waals surface area contributed by atoms with Crippen LogP contribution in [0.1, 0.15) is 33.3 Å². The van der Waals surface area contributed by atoms with E-state index < -0.39 is 23.5 Å². The Kier molecular flexibility index (Phi) is 5.02. The number of aliphatic hydroxyl groups excluding tert-OH is 1. The molecule has 6 nitrogen and oxygen atoms in total. The van der Waals surface area contributed by atoms with Gasteiger partial charge in [-0.3, -0.25) is 19.5 Å². The van der Waals surface area contributed by atoms with Gasteiger partial charge in [-0.05, 0) is 66.9 Å². The molecule has 0 spiro atoms. The van der Waals surface area contributed by atoms with Gasteiger partial charge >= 0.3 is 0 Å². The predicted octanol–water partition coefficient (Wildman–Crippen LogP) is 5.88. The number of hydrogen-bond donors (Lipinski definition) is 1. The van der Waals surface area contributed by atoms with Gasteiger partial charge in [-0.25, -0.2) is 0 Å². The molecule has 2 aromatic carbocycles. The monoisotopic (exact) mass is 458 g/mol. The summed E-state index contributed by atoms with van der Waals surface area (Å²) in [5.74, 6) is -1.82. The minimum atomic E-state index is -0.865. The second-order valence-corrected chi connectivity index (χ2v) is 8.47. The van der Waals surface area contributed by atoms with Gasteiger partial charge < -0.3 is 9.52 Å². The van der Waals surface area contributed by atoms with Crippen LogP contribution in [-0.4, -0.2) is 21.8 Å². The summed E-state index contributed by atoms with van der Waals surface area (Å²) in [4.78, 5) is 32.6.